The molecular formula is C13H9BrN2OS. The smallest absolute Gasteiger partial charge is 0.147 e. The third-order valence-corrected chi connectivity index (χ3v) is 4.23. The summed E-state index contributed by atoms with van der Waals surface area (Å²) in [6, 6.07) is 11.6. The van der Waals surface area contributed by atoms with Gasteiger partial charge in [-0.1, -0.05) is 24.3 Å². The largest absolute Gasteiger partial charge is 0.380 e. The zero-order valence-corrected chi connectivity index (χ0v) is 11.6. The van der Waals surface area contributed by atoms with Crippen molar-refractivity contribution in [3.63, 3.8) is 0 Å². The number of rotatable bonds is 2. The van der Waals surface area contributed by atoms with Gasteiger partial charge in [0, 0.05) is 10.8 Å². The molecule has 3 nitrogen and oxygen atoms in total. The molecule has 0 spiro atoms. The molecule has 0 saturated heterocycles. The molecule has 0 saturated carbocycles. The molecule has 0 bridgehead atoms. The van der Waals surface area contributed by atoms with Crippen LogP contribution in [-0.2, 0) is 0 Å². The number of thiazole rings is 1. The van der Waals surface area contributed by atoms with E-state index in [9.17, 15) is 5.11 Å². The summed E-state index contributed by atoms with van der Waals surface area (Å²) in [7, 11) is 0. The quantitative estimate of drug-likeness (QED) is 0.785. The van der Waals surface area contributed by atoms with Crippen LogP contribution in [0.2, 0.25) is 0 Å². The van der Waals surface area contributed by atoms with Crippen molar-refractivity contribution in [1.29, 1.82) is 0 Å². The SMILES string of the molecule is OC(c1ccc2ccccc2n1)c1nc(Br)cs1. The first-order valence-corrected chi connectivity index (χ1v) is 7.06. The van der Waals surface area contributed by atoms with Gasteiger partial charge in [-0.05, 0) is 28.1 Å². The first kappa shape index (κ1) is 11.8. The number of hydrogen-bond donors (Lipinski definition) is 1. The first-order chi connectivity index (χ1) is 8.74. The van der Waals surface area contributed by atoms with E-state index in [0.717, 1.165) is 15.5 Å². The van der Waals surface area contributed by atoms with E-state index in [0.29, 0.717) is 10.7 Å². The molecule has 0 fully saturated rings. The summed E-state index contributed by atoms with van der Waals surface area (Å²) in [6.07, 6.45) is -0.772. The minimum absolute atomic E-state index is 0.621. The number of aromatic nitrogens is 2. The summed E-state index contributed by atoms with van der Waals surface area (Å²) < 4.78 is 0.738. The molecule has 3 aromatic rings. The number of aliphatic hydroxyl groups is 1. The molecule has 1 aromatic carbocycles. The number of halogens is 1. The number of benzene rings is 1. The van der Waals surface area contributed by atoms with E-state index in [1.54, 1.807) is 0 Å². The van der Waals surface area contributed by atoms with E-state index in [4.69, 9.17) is 0 Å². The molecule has 1 N–H and O–H groups in total. The fourth-order valence-corrected chi connectivity index (χ4v) is 3.01. The fraction of sp³-hybridized carbons (Fsp3) is 0.0769. The fourth-order valence-electron chi connectivity index (χ4n) is 1.75. The summed E-state index contributed by atoms with van der Waals surface area (Å²) in [5, 5.41) is 13.8. The average molecular weight is 321 g/mol. The molecule has 0 aliphatic rings. The normalized spacial score (nSPS) is 12.8. The Balaban J connectivity index is 2.03. The standard InChI is InChI=1S/C13H9BrN2OS/c14-11-7-18-13(16-11)12(17)10-6-5-8-3-1-2-4-9(8)15-10/h1-7,12,17H. The van der Waals surface area contributed by atoms with Crippen molar-refractivity contribution in [1.82, 2.24) is 9.97 Å². The summed E-state index contributed by atoms with van der Waals surface area (Å²) in [5.41, 5.74) is 1.50. The molecule has 0 radical (unpaired) electrons. The van der Waals surface area contributed by atoms with Gasteiger partial charge in [-0.25, -0.2) is 9.97 Å². The van der Waals surface area contributed by atoms with Gasteiger partial charge in [0.25, 0.3) is 0 Å². The zero-order valence-electron chi connectivity index (χ0n) is 9.25. The van der Waals surface area contributed by atoms with Crippen LogP contribution in [0.1, 0.15) is 16.8 Å². The van der Waals surface area contributed by atoms with Gasteiger partial charge in [0.15, 0.2) is 0 Å². The maximum absolute atomic E-state index is 10.2. The van der Waals surface area contributed by atoms with Gasteiger partial charge in [-0.2, -0.15) is 0 Å². The molecule has 2 heterocycles. The first-order valence-electron chi connectivity index (χ1n) is 5.39. The second-order valence-electron chi connectivity index (χ2n) is 3.84. The number of nitrogens with zero attached hydrogens (tertiary/aromatic N) is 2. The molecule has 3 rings (SSSR count). The minimum Gasteiger partial charge on any atom is -0.380 e. The highest BCUT2D eigenvalue weighted by atomic mass is 79.9. The van der Waals surface area contributed by atoms with Crippen LogP contribution in [0.4, 0.5) is 0 Å². The molecule has 18 heavy (non-hydrogen) atoms. The van der Waals surface area contributed by atoms with Crippen LogP contribution >= 0.6 is 27.3 Å². The number of fused-ring (bicyclic) bond motifs is 1. The monoisotopic (exact) mass is 320 g/mol. The Hall–Kier alpha value is -1.30. The Morgan fingerprint density at radius 1 is 1.11 bits per heavy atom. The number of para-hydroxylation sites is 1. The highest BCUT2D eigenvalue weighted by Crippen LogP contribution is 2.26. The molecular weight excluding hydrogens is 312 g/mol. The van der Waals surface area contributed by atoms with Crippen molar-refractivity contribution in [2.24, 2.45) is 0 Å². The molecule has 1 unspecified atom stereocenters. The third kappa shape index (κ3) is 2.16. The summed E-state index contributed by atoms with van der Waals surface area (Å²) in [6.45, 7) is 0. The van der Waals surface area contributed by atoms with Crippen LogP contribution in [-0.4, -0.2) is 15.1 Å². The lowest BCUT2D eigenvalue weighted by atomic mass is 10.1. The molecule has 1 atom stereocenters. The van der Waals surface area contributed by atoms with Crippen LogP contribution in [0, 0.1) is 0 Å². The highest BCUT2D eigenvalue weighted by molar-refractivity contribution is 9.10. The Morgan fingerprint density at radius 3 is 2.72 bits per heavy atom. The molecule has 0 aliphatic carbocycles. The van der Waals surface area contributed by atoms with E-state index in [1.807, 2.05) is 41.8 Å². The molecule has 5 heteroatoms. The average Bonchev–Trinajstić information content (AvgIpc) is 2.84. The van der Waals surface area contributed by atoms with Gasteiger partial charge in [0.2, 0.25) is 0 Å². The van der Waals surface area contributed by atoms with Crippen LogP contribution in [0.5, 0.6) is 0 Å². The van der Waals surface area contributed by atoms with Crippen molar-refractivity contribution in [3.8, 4) is 0 Å². The number of pyridine rings is 1. The maximum Gasteiger partial charge on any atom is 0.147 e. The number of hydrogen-bond acceptors (Lipinski definition) is 4. The van der Waals surface area contributed by atoms with Crippen molar-refractivity contribution in [2.75, 3.05) is 0 Å². The second-order valence-corrected chi connectivity index (χ2v) is 5.54. The predicted molar refractivity (Wildman–Crippen MR) is 75.6 cm³/mol. The molecule has 0 aliphatic heterocycles. The van der Waals surface area contributed by atoms with Gasteiger partial charge in [0.1, 0.15) is 15.7 Å². The third-order valence-electron chi connectivity index (χ3n) is 2.63. The van der Waals surface area contributed by atoms with Crippen LogP contribution < -0.4 is 0 Å². The second kappa shape index (κ2) is 4.76. The summed E-state index contributed by atoms with van der Waals surface area (Å²) in [5.74, 6) is 0. The van der Waals surface area contributed by atoms with E-state index in [2.05, 4.69) is 25.9 Å². The minimum atomic E-state index is -0.772. The Labute approximate surface area is 116 Å². The summed E-state index contributed by atoms with van der Waals surface area (Å²) in [4.78, 5) is 8.67. The van der Waals surface area contributed by atoms with Gasteiger partial charge in [-0.15, -0.1) is 11.3 Å². The van der Waals surface area contributed by atoms with E-state index in [-0.39, 0.29) is 0 Å². The van der Waals surface area contributed by atoms with Gasteiger partial charge in [-0.3, -0.25) is 0 Å². The molecule has 0 amide bonds. The highest BCUT2D eigenvalue weighted by Gasteiger charge is 2.15. The van der Waals surface area contributed by atoms with Crippen molar-refractivity contribution in [3.05, 3.63) is 57.1 Å². The molecule has 2 aromatic heterocycles. The van der Waals surface area contributed by atoms with E-state index < -0.39 is 6.10 Å². The van der Waals surface area contributed by atoms with Gasteiger partial charge >= 0.3 is 0 Å². The number of aliphatic hydroxyl groups excluding tert-OH is 1. The summed E-state index contributed by atoms with van der Waals surface area (Å²) >= 11 is 4.69. The predicted octanol–water partition coefficient (Wildman–Crippen LogP) is 3.54. The van der Waals surface area contributed by atoms with Crippen molar-refractivity contribution in [2.45, 2.75) is 6.10 Å². The Morgan fingerprint density at radius 2 is 1.94 bits per heavy atom. The Kier molecular flexibility index (Phi) is 3.11. The Bertz CT molecular complexity index is 698. The van der Waals surface area contributed by atoms with Crippen molar-refractivity contribution >= 4 is 38.2 Å². The zero-order chi connectivity index (χ0) is 12.5. The lowest BCUT2D eigenvalue weighted by Gasteiger charge is -2.07. The van der Waals surface area contributed by atoms with Gasteiger partial charge < -0.3 is 5.11 Å². The lowest BCUT2D eigenvalue weighted by Crippen LogP contribution is -2.01. The van der Waals surface area contributed by atoms with E-state index in [1.165, 1.54) is 11.3 Å². The lowest BCUT2D eigenvalue weighted by molar-refractivity contribution is 0.215. The topological polar surface area (TPSA) is 46.0 Å². The van der Waals surface area contributed by atoms with Gasteiger partial charge in [0.05, 0.1) is 11.2 Å². The van der Waals surface area contributed by atoms with Crippen LogP contribution in [0.25, 0.3) is 10.9 Å². The van der Waals surface area contributed by atoms with Crippen LogP contribution in [0.3, 0.4) is 0 Å². The van der Waals surface area contributed by atoms with E-state index >= 15 is 0 Å². The van der Waals surface area contributed by atoms with Crippen LogP contribution in [0.15, 0.2) is 46.4 Å². The molecule has 90 valence electrons. The maximum atomic E-state index is 10.2. The van der Waals surface area contributed by atoms with Crippen molar-refractivity contribution < 1.29 is 5.11 Å².